The van der Waals surface area contributed by atoms with Gasteiger partial charge in [0.25, 0.3) is 6.43 Å². The number of fused-ring (bicyclic) bond motifs is 1. The lowest BCUT2D eigenvalue weighted by Crippen LogP contribution is -2.09. The smallest absolute Gasteiger partial charge is 0.261 e. The lowest BCUT2D eigenvalue weighted by molar-refractivity contribution is 0.0182. The number of imidazole rings is 1. The van der Waals surface area contributed by atoms with Crippen LogP contribution in [0.5, 0.6) is 0 Å². The second kappa shape index (κ2) is 6.08. The summed E-state index contributed by atoms with van der Waals surface area (Å²) in [5, 5.41) is 0. The van der Waals surface area contributed by atoms with Gasteiger partial charge in [0.15, 0.2) is 0 Å². The summed E-state index contributed by atoms with van der Waals surface area (Å²) in [5.41, 5.74) is 8.52. The Kier molecular flexibility index (Phi) is 4.44. The van der Waals surface area contributed by atoms with E-state index in [9.17, 15) is 8.78 Å². The Labute approximate surface area is 110 Å². The van der Waals surface area contributed by atoms with Crippen molar-refractivity contribution in [3.8, 4) is 0 Å². The van der Waals surface area contributed by atoms with Gasteiger partial charge in [-0.15, -0.1) is 0 Å². The Hall–Kier alpha value is -1.53. The van der Waals surface area contributed by atoms with Crippen LogP contribution in [-0.2, 0) is 24.8 Å². The van der Waals surface area contributed by atoms with Crippen molar-refractivity contribution < 1.29 is 13.5 Å². The lowest BCUT2D eigenvalue weighted by Gasteiger charge is -2.04. The Morgan fingerprint density at radius 2 is 2.21 bits per heavy atom. The largest absolute Gasteiger partial charge is 0.375 e. The summed E-state index contributed by atoms with van der Waals surface area (Å²) in [4.78, 5) is 4.52. The molecule has 0 aliphatic heterocycles. The number of hydrogen-bond acceptors (Lipinski definition) is 3. The number of aromatic nitrogens is 2. The molecular weight excluding hydrogens is 252 g/mol. The van der Waals surface area contributed by atoms with E-state index >= 15 is 0 Å². The molecule has 2 N–H and O–H groups in total. The minimum Gasteiger partial charge on any atom is -0.375 e. The molecule has 0 saturated carbocycles. The molecule has 2 aromatic rings. The van der Waals surface area contributed by atoms with Crippen molar-refractivity contribution in [3.05, 3.63) is 29.6 Å². The number of para-hydroxylation sites is 1. The van der Waals surface area contributed by atoms with Crippen LogP contribution in [0.3, 0.4) is 0 Å². The molecule has 0 aliphatic carbocycles. The molecule has 0 saturated heterocycles. The SMILES string of the molecule is Cn1c(CCOCC(F)F)nc2c(CN)cccc21. The second-order valence-corrected chi connectivity index (χ2v) is 4.29. The molecular formula is C13H17F2N3O. The van der Waals surface area contributed by atoms with Crippen LogP contribution in [0.4, 0.5) is 8.78 Å². The van der Waals surface area contributed by atoms with E-state index in [4.69, 9.17) is 10.5 Å². The molecule has 0 atom stereocenters. The molecule has 6 heteroatoms. The first kappa shape index (κ1) is 13.9. The van der Waals surface area contributed by atoms with E-state index in [1.165, 1.54) is 0 Å². The molecule has 0 unspecified atom stereocenters. The van der Waals surface area contributed by atoms with Crippen molar-refractivity contribution in [1.82, 2.24) is 9.55 Å². The maximum Gasteiger partial charge on any atom is 0.261 e. The number of ether oxygens (including phenoxy) is 1. The molecule has 0 bridgehead atoms. The third-order valence-corrected chi connectivity index (χ3v) is 3.02. The number of halogens is 2. The zero-order chi connectivity index (χ0) is 13.8. The molecule has 19 heavy (non-hydrogen) atoms. The maximum atomic E-state index is 11.9. The zero-order valence-electron chi connectivity index (χ0n) is 10.8. The minimum atomic E-state index is -2.43. The van der Waals surface area contributed by atoms with Gasteiger partial charge in [0.2, 0.25) is 0 Å². The molecule has 1 heterocycles. The highest BCUT2D eigenvalue weighted by Crippen LogP contribution is 2.19. The topological polar surface area (TPSA) is 53.1 Å². The number of alkyl halides is 2. The number of nitrogens with zero attached hydrogens (tertiary/aromatic N) is 2. The van der Waals surface area contributed by atoms with Gasteiger partial charge in [-0.1, -0.05) is 12.1 Å². The summed E-state index contributed by atoms with van der Waals surface area (Å²) in [6, 6.07) is 5.83. The third-order valence-electron chi connectivity index (χ3n) is 3.02. The van der Waals surface area contributed by atoms with E-state index in [1.807, 2.05) is 29.8 Å². The summed E-state index contributed by atoms with van der Waals surface area (Å²) in [5.74, 6) is 0.810. The molecule has 4 nitrogen and oxygen atoms in total. The molecule has 0 aliphatic rings. The quantitative estimate of drug-likeness (QED) is 0.814. The first-order chi connectivity index (χ1) is 9.13. The van der Waals surface area contributed by atoms with Crippen molar-refractivity contribution in [3.63, 3.8) is 0 Å². The van der Waals surface area contributed by atoms with Gasteiger partial charge in [0, 0.05) is 20.0 Å². The fourth-order valence-electron chi connectivity index (χ4n) is 2.04. The molecule has 0 radical (unpaired) electrons. The van der Waals surface area contributed by atoms with Gasteiger partial charge >= 0.3 is 0 Å². The van der Waals surface area contributed by atoms with E-state index in [1.54, 1.807) is 0 Å². The minimum absolute atomic E-state index is 0.236. The fourth-order valence-corrected chi connectivity index (χ4v) is 2.04. The summed E-state index contributed by atoms with van der Waals surface area (Å²) in [6.07, 6.45) is -1.92. The third kappa shape index (κ3) is 3.08. The van der Waals surface area contributed by atoms with E-state index in [0.29, 0.717) is 13.0 Å². The van der Waals surface area contributed by atoms with Crippen LogP contribution in [0.25, 0.3) is 11.0 Å². The zero-order valence-corrected chi connectivity index (χ0v) is 10.8. The van der Waals surface area contributed by atoms with E-state index in [0.717, 1.165) is 22.4 Å². The Bertz CT molecular complexity index is 554. The Morgan fingerprint density at radius 3 is 2.89 bits per heavy atom. The Balaban J connectivity index is 2.13. The maximum absolute atomic E-state index is 11.9. The highest BCUT2D eigenvalue weighted by molar-refractivity contribution is 5.79. The highest BCUT2D eigenvalue weighted by atomic mass is 19.3. The average molecular weight is 269 g/mol. The van der Waals surface area contributed by atoms with Crippen LogP contribution in [-0.4, -0.2) is 29.2 Å². The van der Waals surface area contributed by atoms with Gasteiger partial charge in [0.05, 0.1) is 17.6 Å². The highest BCUT2D eigenvalue weighted by Gasteiger charge is 2.10. The van der Waals surface area contributed by atoms with Gasteiger partial charge in [-0.25, -0.2) is 13.8 Å². The van der Waals surface area contributed by atoms with E-state index in [2.05, 4.69) is 4.98 Å². The predicted octanol–water partition coefficient (Wildman–Crippen LogP) is 1.86. The standard InChI is InChI=1S/C13H17F2N3O/c1-18-10-4-2-3-9(7-16)13(10)17-12(18)5-6-19-8-11(14)15/h2-4,11H,5-8,16H2,1H3. The summed E-state index contributed by atoms with van der Waals surface area (Å²) >= 11 is 0. The molecule has 1 aromatic heterocycles. The second-order valence-electron chi connectivity index (χ2n) is 4.29. The van der Waals surface area contributed by atoms with E-state index in [-0.39, 0.29) is 6.61 Å². The van der Waals surface area contributed by atoms with Crippen molar-refractivity contribution in [2.75, 3.05) is 13.2 Å². The van der Waals surface area contributed by atoms with E-state index < -0.39 is 13.0 Å². The van der Waals surface area contributed by atoms with Crippen molar-refractivity contribution in [2.45, 2.75) is 19.4 Å². The number of rotatable bonds is 6. The lowest BCUT2D eigenvalue weighted by atomic mass is 10.2. The summed E-state index contributed by atoms with van der Waals surface area (Å²) in [7, 11) is 1.90. The molecule has 2 rings (SSSR count). The van der Waals surface area contributed by atoms with Crippen LogP contribution in [0.1, 0.15) is 11.4 Å². The Morgan fingerprint density at radius 1 is 1.42 bits per heavy atom. The van der Waals surface area contributed by atoms with Crippen LogP contribution >= 0.6 is 0 Å². The first-order valence-corrected chi connectivity index (χ1v) is 6.12. The van der Waals surface area contributed by atoms with Gasteiger partial charge in [0.1, 0.15) is 12.4 Å². The molecule has 0 fully saturated rings. The molecule has 0 spiro atoms. The van der Waals surface area contributed by atoms with Crippen LogP contribution in [0.15, 0.2) is 18.2 Å². The summed E-state index contributed by atoms with van der Waals surface area (Å²) < 4.78 is 30.7. The van der Waals surface area contributed by atoms with Gasteiger partial charge in [-0.3, -0.25) is 0 Å². The first-order valence-electron chi connectivity index (χ1n) is 6.12. The van der Waals surface area contributed by atoms with Crippen molar-refractivity contribution in [1.29, 1.82) is 0 Å². The number of benzene rings is 1. The summed E-state index contributed by atoms with van der Waals surface area (Å²) in [6.45, 7) is 0.132. The fraction of sp³-hybridized carbons (Fsp3) is 0.462. The van der Waals surface area contributed by atoms with Crippen LogP contribution in [0.2, 0.25) is 0 Å². The molecule has 1 aromatic carbocycles. The monoisotopic (exact) mass is 269 g/mol. The normalized spacial score (nSPS) is 11.6. The van der Waals surface area contributed by atoms with Crippen molar-refractivity contribution >= 4 is 11.0 Å². The van der Waals surface area contributed by atoms with Crippen LogP contribution < -0.4 is 5.73 Å². The van der Waals surface area contributed by atoms with Crippen LogP contribution in [0, 0.1) is 0 Å². The predicted molar refractivity (Wildman–Crippen MR) is 69.1 cm³/mol. The average Bonchev–Trinajstić information content (AvgIpc) is 2.72. The van der Waals surface area contributed by atoms with Gasteiger partial charge in [-0.05, 0) is 11.6 Å². The van der Waals surface area contributed by atoms with Crippen molar-refractivity contribution in [2.24, 2.45) is 12.8 Å². The number of nitrogens with two attached hydrogens (primary N) is 1. The number of hydrogen-bond donors (Lipinski definition) is 1. The van der Waals surface area contributed by atoms with Gasteiger partial charge in [-0.2, -0.15) is 0 Å². The molecule has 0 amide bonds. The van der Waals surface area contributed by atoms with Gasteiger partial charge < -0.3 is 15.0 Å². The molecule has 104 valence electrons. The number of aryl methyl sites for hydroxylation is 1.